The van der Waals surface area contributed by atoms with Gasteiger partial charge in [-0.3, -0.25) is 0 Å². The van der Waals surface area contributed by atoms with Gasteiger partial charge in [0.05, 0.1) is 13.2 Å². The Bertz CT molecular complexity index is 474. The molecule has 0 heterocycles. The summed E-state index contributed by atoms with van der Waals surface area (Å²) in [7, 11) is -7.07. The highest BCUT2D eigenvalue weighted by molar-refractivity contribution is 7.78. The first-order valence-corrected chi connectivity index (χ1v) is 11.0. The summed E-state index contributed by atoms with van der Waals surface area (Å²) in [5, 5.41) is 0. The van der Waals surface area contributed by atoms with Crippen LogP contribution in [0.4, 0.5) is 9.59 Å². The summed E-state index contributed by atoms with van der Waals surface area (Å²) >= 11 is 0. The smallest absolute Gasteiger partial charge is 0.438 e. The van der Waals surface area contributed by atoms with Crippen molar-refractivity contribution in [1.82, 2.24) is 0 Å². The number of carbonyl (C=O) groups is 2. The third kappa shape index (κ3) is 6.61. The molecular formula is C12H24O8P2. The molecule has 2 atom stereocenters. The lowest BCUT2D eigenvalue weighted by molar-refractivity contribution is 0.0225. The van der Waals surface area contributed by atoms with E-state index in [1.54, 1.807) is 13.8 Å². The summed E-state index contributed by atoms with van der Waals surface area (Å²) in [5.41, 5.74) is -2.01. The molecule has 0 saturated carbocycles. The van der Waals surface area contributed by atoms with E-state index in [-0.39, 0.29) is 13.2 Å². The van der Waals surface area contributed by atoms with E-state index < -0.39 is 38.4 Å². The fourth-order valence-corrected chi connectivity index (χ4v) is 2.86. The summed E-state index contributed by atoms with van der Waals surface area (Å²) < 4.78 is 43.4. The van der Waals surface area contributed by atoms with Crippen molar-refractivity contribution < 1.29 is 37.2 Å². The molecule has 0 bridgehead atoms. The molecule has 0 aliphatic carbocycles. The summed E-state index contributed by atoms with van der Waals surface area (Å²) in [4.78, 5) is 23.4. The lowest BCUT2D eigenvalue weighted by Gasteiger charge is -2.23. The highest BCUT2D eigenvalue weighted by Gasteiger charge is 2.39. The maximum atomic E-state index is 12.2. The molecule has 130 valence electrons. The number of hydrogen-bond acceptors (Lipinski definition) is 8. The van der Waals surface area contributed by atoms with Crippen molar-refractivity contribution in [3.8, 4) is 0 Å². The first-order valence-electron chi connectivity index (χ1n) is 6.84. The number of rotatable bonds is 9. The summed E-state index contributed by atoms with van der Waals surface area (Å²) in [5.74, 6) is 0. The number of carbonyl (C=O) groups excluding carboxylic acids is 2. The standard InChI is InChI=1S/C12H24O8P2/c1-7-17-22(16,18-8-2)12(14)20-10(4)9(3)19-11(13)21(5,6)15/h9-10H,7-8H2,1-6H3. The molecule has 0 spiro atoms. The van der Waals surface area contributed by atoms with Crippen LogP contribution in [0.2, 0.25) is 0 Å². The third-order valence-corrected chi connectivity index (χ3v) is 5.23. The molecule has 0 rings (SSSR count). The van der Waals surface area contributed by atoms with Gasteiger partial charge >= 0.3 is 19.0 Å². The van der Waals surface area contributed by atoms with Gasteiger partial charge < -0.3 is 23.1 Å². The van der Waals surface area contributed by atoms with Crippen molar-refractivity contribution in [3.05, 3.63) is 0 Å². The third-order valence-electron chi connectivity index (χ3n) is 2.50. The van der Waals surface area contributed by atoms with E-state index in [9.17, 15) is 18.7 Å². The van der Waals surface area contributed by atoms with Crippen LogP contribution in [0.1, 0.15) is 27.7 Å². The lowest BCUT2D eigenvalue weighted by atomic mass is 10.2. The largest absolute Gasteiger partial charge is 0.453 e. The van der Waals surface area contributed by atoms with Gasteiger partial charge in [0, 0.05) is 0 Å². The Morgan fingerprint density at radius 2 is 1.23 bits per heavy atom. The molecule has 2 unspecified atom stereocenters. The fraction of sp³-hybridized carbons (Fsp3) is 0.833. The van der Waals surface area contributed by atoms with Crippen LogP contribution in [-0.4, -0.2) is 50.2 Å². The van der Waals surface area contributed by atoms with Gasteiger partial charge in [-0.05, 0) is 41.0 Å². The van der Waals surface area contributed by atoms with E-state index in [2.05, 4.69) is 0 Å². The fourth-order valence-electron chi connectivity index (χ4n) is 1.18. The molecule has 0 aromatic carbocycles. The monoisotopic (exact) mass is 358 g/mol. The lowest BCUT2D eigenvalue weighted by Crippen LogP contribution is -2.30. The van der Waals surface area contributed by atoms with Gasteiger partial charge in [0.1, 0.15) is 12.2 Å². The first kappa shape index (κ1) is 21.3. The quantitative estimate of drug-likeness (QED) is 0.571. The van der Waals surface area contributed by atoms with E-state index in [0.717, 1.165) is 0 Å². The SMILES string of the molecule is CCOP(=O)(OCC)C(=O)OC(C)C(C)OC(=O)P(C)(C)=O. The van der Waals surface area contributed by atoms with E-state index >= 15 is 0 Å². The molecule has 0 aromatic heterocycles. The summed E-state index contributed by atoms with van der Waals surface area (Å²) in [6.07, 6.45) is -1.77. The molecule has 0 fully saturated rings. The Kier molecular flexibility index (Phi) is 8.55. The van der Waals surface area contributed by atoms with Crippen LogP contribution >= 0.6 is 14.7 Å². The Balaban J connectivity index is 4.78. The van der Waals surface area contributed by atoms with Crippen molar-refractivity contribution in [2.24, 2.45) is 0 Å². The molecule has 0 radical (unpaired) electrons. The highest BCUT2D eigenvalue weighted by atomic mass is 31.2. The predicted molar refractivity (Wildman–Crippen MR) is 82.2 cm³/mol. The minimum atomic E-state index is -4.03. The minimum Gasteiger partial charge on any atom is -0.453 e. The normalized spacial score (nSPS) is 15.0. The van der Waals surface area contributed by atoms with Crippen LogP contribution in [0.3, 0.4) is 0 Å². The Labute approximate surface area is 130 Å². The Morgan fingerprint density at radius 3 is 1.55 bits per heavy atom. The summed E-state index contributed by atoms with van der Waals surface area (Å²) in [6.45, 7) is 8.63. The molecule has 0 aromatic rings. The summed E-state index contributed by atoms with van der Waals surface area (Å²) in [6, 6.07) is 0. The molecule has 0 aliphatic rings. The van der Waals surface area contributed by atoms with Crippen molar-refractivity contribution in [1.29, 1.82) is 0 Å². The molecule has 10 heteroatoms. The van der Waals surface area contributed by atoms with Crippen molar-refractivity contribution in [2.75, 3.05) is 26.5 Å². The van der Waals surface area contributed by atoms with Crippen LogP contribution in [0.15, 0.2) is 0 Å². The van der Waals surface area contributed by atoms with E-state index in [1.807, 2.05) is 0 Å². The van der Waals surface area contributed by atoms with Gasteiger partial charge in [0.15, 0.2) is 7.14 Å². The zero-order chi connectivity index (χ0) is 17.6. The van der Waals surface area contributed by atoms with Crippen LogP contribution < -0.4 is 0 Å². The van der Waals surface area contributed by atoms with E-state index in [4.69, 9.17) is 18.5 Å². The second-order valence-corrected chi connectivity index (χ2v) is 9.80. The molecule has 0 N–H and O–H groups in total. The maximum absolute atomic E-state index is 12.2. The van der Waals surface area contributed by atoms with Gasteiger partial charge in [-0.1, -0.05) is 0 Å². The molecule has 8 nitrogen and oxygen atoms in total. The van der Waals surface area contributed by atoms with Crippen LogP contribution in [0, 0.1) is 0 Å². The zero-order valence-electron chi connectivity index (χ0n) is 13.7. The van der Waals surface area contributed by atoms with Crippen molar-refractivity contribution in [3.63, 3.8) is 0 Å². The average molecular weight is 358 g/mol. The average Bonchev–Trinajstić information content (AvgIpc) is 2.37. The Hall–Kier alpha value is -0.680. The van der Waals surface area contributed by atoms with Gasteiger partial charge in [0.2, 0.25) is 0 Å². The second-order valence-electron chi connectivity index (χ2n) is 4.86. The van der Waals surface area contributed by atoms with Gasteiger partial charge in [0.25, 0.3) is 0 Å². The van der Waals surface area contributed by atoms with Crippen LogP contribution in [0.25, 0.3) is 0 Å². The van der Waals surface area contributed by atoms with Crippen molar-refractivity contribution in [2.45, 2.75) is 39.9 Å². The van der Waals surface area contributed by atoms with Crippen LogP contribution in [0.5, 0.6) is 0 Å². The topological polar surface area (TPSA) is 105 Å². The zero-order valence-corrected chi connectivity index (χ0v) is 15.5. The van der Waals surface area contributed by atoms with Crippen molar-refractivity contribution >= 4 is 26.2 Å². The molecule has 0 amide bonds. The Morgan fingerprint density at radius 1 is 0.864 bits per heavy atom. The molecule has 0 aliphatic heterocycles. The molecule has 22 heavy (non-hydrogen) atoms. The van der Waals surface area contributed by atoms with Gasteiger partial charge in [-0.25, -0.2) is 14.2 Å². The molecule has 0 saturated heterocycles. The number of ether oxygens (including phenoxy) is 2. The maximum Gasteiger partial charge on any atom is 0.438 e. The van der Waals surface area contributed by atoms with E-state index in [1.165, 1.54) is 27.2 Å². The predicted octanol–water partition coefficient (Wildman–Crippen LogP) is 3.93. The van der Waals surface area contributed by atoms with Gasteiger partial charge in [-0.15, -0.1) is 0 Å². The minimum absolute atomic E-state index is 0.0140. The van der Waals surface area contributed by atoms with E-state index in [0.29, 0.717) is 0 Å². The highest BCUT2D eigenvalue weighted by Crippen LogP contribution is 2.50. The van der Waals surface area contributed by atoms with Crippen LogP contribution in [-0.2, 0) is 27.7 Å². The second kappa shape index (κ2) is 8.82. The number of hydrogen-bond donors (Lipinski definition) is 0. The molecular weight excluding hydrogens is 334 g/mol. The van der Waals surface area contributed by atoms with Gasteiger partial charge in [-0.2, -0.15) is 0 Å². The first-order chi connectivity index (χ1) is 9.97.